The van der Waals surface area contributed by atoms with Crippen LogP contribution in [0.3, 0.4) is 0 Å². The molecule has 2 aromatic carbocycles. The lowest BCUT2D eigenvalue weighted by atomic mass is 9.94. The summed E-state index contributed by atoms with van der Waals surface area (Å²) in [6, 6.07) is 15.2. The molecular formula is C25H26N2O3S2. The van der Waals surface area contributed by atoms with Crippen LogP contribution < -0.4 is 10.1 Å². The molecule has 0 aromatic heterocycles. The number of para-hydroxylation sites is 1. The minimum atomic E-state index is -0.213. The van der Waals surface area contributed by atoms with E-state index >= 15 is 0 Å². The Hall–Kier alpha value is -2.64. The molecule has 0 radical (unpaired) electrons. The van der Waals surface area contributed by atoms with Gasteiger partial charge in [0.1, 0.15) is 10.1 Å². The summed E-state index contributed by atoms with van der Waals surface area (Å²) in [5.41, 5.74) is 2.67. The smallest absolute Gasteiger partial charge is 0.266 e. The molecule has 1 N–H and O–H groups in total. The summed E-state index contributed by atoms with van der Waals surface area (Å²) >= 11 is 6.87. The van der Waals surface area contributed by atoms with Crippen molar-refractivity contribution in [2.45, 2.75) is 45.1 Å². The van der Waals surface area contributed by atoms with Gasteiger partial charge in [-0.2, -0.15) is 0 Å². The number of hydrogen-bond donors (Lipinski definition) is 1. The number of thiocarbonyl (C=S) groups is 1. The molecule has 2 aromatic rings. The van der Waals surface area contributed by atoms with Gasteiger partial charge in [-0.3, -0.25) is 14.5 Å². The fraction of sp³-hybridized carbons (Fsp3) is 0.320. The van der Waals surface area contributed by atoms with Crippen LogP contribution in [0.15, 0.2) is 53.4 Å². The van der Waals surface area contributed by atoms with E-state index in [2.05, 4.69) is 5.32 Å². The summed E-state index contributed by atoms with van der Waals surface area (Å²) in [5, 5.41) is 2.85. The summed E-state index contributed by atoms with van der Waals surface area (Å²) in [6.45, 7) is 1.87. The highest BCUT2D eigenvalue weighted by Crippen LogP contribution is 2.37. The molecule has 0 atom stereocenters. The number of rotatable bonds is 6. The molecule has 1 aliphatic heterocycles. The van der Waals surface area contributed by atoms with E-state index in [0.29, 0.717) is 15.0 Å². The van der Waals surface area contributed by atoms with Gasteiger partial charge in [0.15, 0.2) is 6.61 Å². The Balaban J connectivity index is 1.34. The molecule has 166 valence electrons. The molecule has 1 heterocycles. The van der Waals surface area contributed by atoms with Gasteiger partial charge in [0, 0.05) is 11.7 Å². The van der Waals surface area contributed by atoms with E-state index in [-0.39, 0.29) is 24.5 Å². The van der Waals surface area contributed by atoms with Gasteiger partial charge in [-0.1, -0.05) is 73.6 Å². The first-order chi connectivity index (χ1) is 15.5. The average molecular weight is 467 g/mol. The zero-order chi connectivity index (χ0) is 22.5. The summed E-state index contributed by atoms with van der Waals surface area (Å²) in [4.78, 5) is 27.6. The molecule has 0 spiro atoms. The zero-order valence-corrected chi connectivity index (χ0v) is 19.6. The largest absolute Gasteiger partial charge is 0.484 e. The molecule has 1 saturated heterocycles. The monoisotopic (exact) mass is 466 g/mol. The number of carbonyl (C=O) groups excluding carboxylic acids is 2. The van der Waals surface area contributed by atoms with E-state index in [1.807, 2.05) is 54.3 Å². The topological polar surface area (TPSA) is 58.6 Å². The number of aryl methyl sites for hydroxylation is 1. The lowest BCUT2D eigenvalue weighted by Gasteiger charge is -2.29. The van der Waals surface area contributed by atoms with Gasteiger partial charge >= 0.3 is 0 Å². The minimum Gasteiger partial charge on any atom is -0.484 e. The fourth-order valence-corrected chi connectivity index (χ4v) is 5.39. The van der Waals surface area contributed by atoms with Crippen molar-refractivity contribution >= 4 is 51.9 Å². The number of thioether (sulfide) groups is 1. The van der Waals surface area contributed by atoms with E-state index in [4.69, 9.17) is 17.0 Å². The van der Waals surface area contributed by atoms with E-state index in [1.165, 1.54) is 18.2 Å². The second-order valence-electron chi connectivity index (χ2n) is 8.06. The van der Waals surface area contributed by atoms with Gasteiger partial charge in [0.2, 0.25) is 0 Å². The Morgan fingerprint density at radius 2 is 1.88 bits per heavy atom. The molecule has 4 rings (SSSR count). The Morgan fingerprint density at radius 3 is 2.59 bits per heavy atom. The zero-order valence-electron chi connectivity index (χ0n) is 18.0. The molecule has 2 aliphatic rings. The van der Waals surface area contributed by atoms with E-state index in [9.17, 15) is 9.59 Å². The Bertz CT molecular complexity index is 1040. The van der Waals surface area contributed by atoms with E-state index < -0.39 is 0 Å². The van der Waals surface area contributed by atoms with Crippen LogP contribution in [-0.4, -0.2) is 33.7 Å². The van der Waals surface area contributed by atoms with E-state index in [0.717, 1.165) is 42.5 Å². The van der Waals surface area contributed by atoms with Gasteiger partial charge in [0.25, 0.3) is 11.8 Å². The van der Waals surface area contributed by atoms with Crippen LogP contribution in [0.1, 0.15) is 43.2 Å². The highest BCUT2D eigenvalue weighted by atomic mass is 32.2. The molecule has 2 amide bonds. The summed E-state index contributed by atoms with van der Waals surface area (Å²) in [7, 11) is 0. The maximum absolute atomic E-state index is 12.9. The number of amides is 2. The highest BCUT2D eigenvalue weighted by Gasteiger charge is 2.37. The molecule has 5 nitrogen and oxygen atoms in total. The van der Waals surface area contributed by atoms with Crippen LogP contribution in [0.5, 0.6) is 5.75 Å². The second-order valence-corrected chi connectivity index (χ2v) is 9.74. The quantitative estimate of drug-likeness (QED) is 0.447. The second kappa shape index (κ2) is 10.3. The highest BCUT2D eigenvalue weighted by molar-refractivity contribution is 8.26. The van der Waals surface area contributed by atoms with Gasteiger partial charge in [0.05, 0.1) is 4.91 Å². The standard InChI is InChI=1S/C25H26N2O3S2/c1-17-7-5-6-10-21(17)26-23(28)16-30-20-13-11-18(12-14-20)15-22-24(29)27(25(31)32-22)19-8-3-2-4-9-19/h5-7,10-15,19H,2-4,8-9,16H2,1H3,(H,26,28)/b22-15+. The van der Waals surface area contributed by atoms with Crippen LogP contribution in [0.4, 0.5) is 5.69 Å². The predicted octanol–water partition coefficient (Wildman–Crippen LogP) is 5.55. The summed E-state index contributed by atoms with van der Waals surface area (Å²) < 4.78 is 6.27. The predicted molar refractivity (Wildman–Crippen MR) is 134 cm³/mol. The van der Waals surface area contributed by atoms with Crippen molar-refractivity contribution in [3.8, 4) is 5.75 Å². The third-order valence-electron chi connectivity index (χ3n) is 5.73. The van der Waals surface area contributed by atoms with Gasteiger partial charge < -0.3 is 10.1 Å². The lowest BCUT2D eigenvalue weighted by Crippen LogP contribution is -2.39. The summed E-state index contributed by atoms with van der Waals surface area (Å²) in [6.07, 6.45) is 7.49. The summed E-state index contributed by atoms with van der Waals surface area (Å²) in [5.74, 6) is 0.395. The fourth-order valence-electron chi connectivity index (χ4n) is 3.99. The third-order valence-corrected chi connectivity index (χ3v) is 7.06. The molecule has 7 heteroatoms. The van der Waals surface area contributed by atoms with Crippen LogP contribution >= 0.6 is 24.0 Å². The maximum Gasteiger partial charge on any atom is 0.266 e. The molecular weight excluding hydrogens is 440 g/mol. The molecule has 2 fully saturated rings. The average Bonchev–Trinajstić information content (AvgIpc) is 3.08. The van der Waals surface area contributed by atoms with Crippen molar-refractivity contribution in [1.82, 2.24) is 4.90 Å². The van der Waals surface area contributed by atoms with Crippen LogP contribution in [0, 0.1) is 6.92 Å². The first kappa shape index (κ1) is 22.6. The van der Waals surface area contributed by atoms with Crippen LogP contribution in [-0.2, 0) is 9.59 Å². The van der Waals surface area contributed by atoms with Crippen molar-refractivity contribution in [3.05, 3.63) is 64.6 Å². The molecule has 32 heavy (non-hydrogen) atoms. The van der Waals surface area contributed by atoms with E-state index in [1.54, 1.807) is 12.1 Å². The Kier molecular flexibility index (Phi) is 7.27. The molecule has 0 unspecified atom stereocenters. The maximum atomic E-state index is 12.9. The number of nitrogens with one attached hydrogen (secondary N) is 1. The van der Waals surface area contributed by atoms with Gasteiger partial charge in [-0.05, 0) is 55.2 Å². The lowest BCUT2D eigenvalue weighted by molar-refractivity contribution is -0.124. The van der Waals surface area contributed by atoms with Crippen LogP contribution in [0.25, 0.3) is 6.08 Å². The number of anilines is 1. The van der Waals surface area contributed by atoms with Crippen molar-refractivity contribution in [3.63, 3.8) is 0 Å². The number of benzene rings is 2. The van der Waals surface area contributed by atoms with Crippen molar-refractivity contribution < 1.29 is 14.3 Å². The number of nitrogens with zero attached hydrogens (tertiary/aromatic N) is 1. The molecule has 1 saturated carbocycles. The Morgan fingerprint density at radius 1 is 1.16 bits per heavy atom. The molecule has 0 bridgehead atoms. The minimum absolute atomic E-state index is 0.0140. The Labute approximate surface area is 198 Å². The van der Waals surface area contributed by atoms with Crippen LogP contribution in [0.2, 0.25) is 0 Å². The third kappa shape index (κ3) is 5.40. The number of carbonyl (C=O) groups is 2. The van der Waals surface area contributed by atoms with Gasteiger partial charge in [-0.15, -0.1) is 0 Å². The first-order valence-electron chi connectivity index (χ1n) is 10.9. The number of hydrogen-bond acceptors (Lipinski definition) is 5. The van der Waals surface area contributed by atoms with Crippen molar-refractivity contribution in [1.29, 1.82) is 0 Å². The number of ether oxygens (including phenoxy) is 1. The van der Waals surface area contributed by atoms with Crippen molar-refractivity contribution in [2.24, 2.45) is 0 Å². The van der Waals surface area contributed by atoms with Crippen molar-refractivity contribution in [2.75, 3.05) is 11.9 Å². The SMILES string of the molecule is Cc1ccccc1NC(=O)COc1ccc(/C=C2/SC(=S)N(C3CCCCC3)C2=O)cc1. The first-order valence-corrected chi connectivity index (χ1v) is 12.1. The normalized spacial score (nSPS) is 18.3. The molecule has 1 aliphatic carbocycles. The van der Waals surface area contributed by atoms with Gasteiger partial charge in [-0.25, -0.2) is 0 Å².